The van der Waals surface area contributed by atoms with Crippen LogP contribution < -0.4 is 0 Å². The third-order valence-electron chi connectivity index (χ3n) is 4.70. The van der Waals surface area contributed by atoms with Crippen LogP contribution in [0.2, 0.25) is 0 Å². The Morgan fingerprint density at radius 1 is 0.870 bits per heavy atom. The van der Waals surface area contributed by atoms with Gasteiger partial charge in [0.05, 0.1) is 0 Å². The molecule has 1 aromatic carbocycles. The SMILES string of the molecule is c1cc(CN2CCN(Cc3ccncc3)CC2)c2cc[nH]c2c1. The zero-order valence-electron chi connectivity index (χ0n) is 13.3. The molecular formula is C19H22N4. The second-order valence-electron chi connectivity index (χ2n) is 6.26. The lowest BCUT2D eigenvalue weighted by atomic mass is 10.1. The van der Waals surface area contributed by atoms with Crippen molar-refractivity contribution in [3.8, 4) is 0 Å². The Hall–Kier alpha value is -2.17. The normalized spacial score (nSPS) is 16.9. The molecule has 1 aliphatic rings. The summed E-state index contributed by atoms with van der Waals surface area (Å²) in [6, 6.07) is 12.9. The lowest BCUT2D eigenvalue weighted by molar-refractivity contribution is 0.122. The van der Waals surface area contributed by atoms with Crippen LogP contribution in [0.4, 0.5) is 0 Å². The van der Waals surface area contributed by atoms with Crippen molar-refractivity contribution in [2.24, 2.45) is 0 Å². The molecule has 23 heavy (non-hydrogen) atoms. The van der Waals surface area contributed by atoms with E-state index in [1.165, 1.54) is 22.0 Å². The Kier molecular flexibility index (Phi) is 4.09. The molecule has 0 saturated carbocycles. The molecule has 1 N–H and O–H groups in total. The van der Waals surface area contributed by atoms with Gasteiger partial charge in [-0.1, -0.05) is 12.1 Å². The van der Waals surface area contributed by atoms with Crippen LogP contribution in [-0.2, 0) is 13.1 Å². The molecule has 118 valence electrons. The highest BCUT2D eigenvalue weighted by Crippen LogP contribution is 2.20. The number of aromatic nitrogens is 2. The standard InChI is InChI=1S/C19H22N4/c1-2-17(18-6-9-21-19(18)3-1)15-23-12-10-22(11-13-23)14-16-4-7-20-8-5-16/h1-9,21H,10-15H2. The summed E-state index contributed by atoms with van der Waals surface area (Å²) in [5, 5.41) is 1.35. The van der Waals surface area contributed by atoms with Crippen molar-refractivity contribution < 1.29 is 0 Å². The number of hydrogen-bond acceptors (Lipinski definition) is 3. The molecule has 0 bridgehead atoms. The van der Waals surface area contributed by atoms with Crippen LogP contribution in [0.25, 0.3) is 10.9 Å². The molecule has 0 radical (unpaired) electrons. The third-order valence-corrected chi connectivity index (χ3v) is 4.70. The predicted octanol–water partition coefficient (Wildman–Crippen LogP) is 2.88. The lowest BCUT2D eigenvalue weighted by Gasteiger charge is -2.34. The number of nitrogens with zero attached hydrogens (tertiary/aromatic N) is 3. The third kappa shape index (κ3) is 3.28. The summed E-state index contributed by atoms with van der Waals surface area (Å²) in [4.78, 5) is 12.5. The summed E-state index contributed by atoms with van der Waals surface area (Å²) in [7, 11) is 0. The fraction of sp³-hybridized carbons (Fsp3) is 0.316. The van der Waals surface area contributed by atoms with Crippen LogP contribution in [0, 0.1) is 0 Å². The van der Waals surface area contributed by atoms with Crippen LogP contribution in [0.1, 0.15) is 11.1 Å². The van der Waals surface area contributed by atoms with E-state index in [1.807, 2.05) is 18.6 Å². The maximum atomic E-state index is 4.09. The monoisotopic (exact) mass is 306 g/mol. The average molecular weight is 306 g/mol. The number of nitrogens with one attached hydrogen (secondary N) is 1. The maximum Gasteiger partial charge on any atom is 0.0457 e. The fourth-order valence-electron chi connectivity index (χ4n) is 3.38. The predicted molar refractivity (Wildman–Crippen MR) is 93.1 cm³/mol. The molecule has 0 spiro atoms. The molecule has 1 aliphatic heterocycles. The maximum absolute atomic E-state index is 4.09. The summed E-state index contributed by atoms with van der Waals surface area (Å²) < 4.78 is 0. The van der Waals surface area contributed by atoms with Crippen molar-refractivity contribution in [3.63, 3.8) is 0 Å². The number of aromatic amines is 1. The summed E-state index contributed by atoms with van der Waals surface area (Å²) in [6.45, 7) is 6.59. The second kappa shape index (κ2) is 6.52. The van der Waals surface area contributed by atoms with Gasteiger partial charge >= 0.3 is 0 Å². The van der Waals surface area contributed by atoms with Crippen LogP contribution in [-0.4, -0.2) is 45.9 Å². The molecule has 1 fully saturated rings. The minimum atomic E-state index is 1.03. The molecule has 2 aromatic heterocycles. The van der Waals surface area contributed by atoms with E-state index in [1.54, 1.807) is 0 Å². The quantitative estimate of drug-likeness (QED) is 0.805. The summed E-state index contributed by atoms with van der Waals surface area (Å²) in [5.41, 5.74) is 4.01. The van der Waals surface area contributed by atoms with Crippen molar-refractivity contribution >= 4 is 10.9 Å². The van der Waals surface area contributed by atoms with Gasteiger partial charge in [0.15, 0.2) is 0 Å². The van der Waals surface area contributed by atoms with E-state index in [2.05, 4.69) is 56.2 Å². The number of piperazine rings is 1. The average Bonchev–Trinajstić information content (AvgIpc) is 3.07. The van der Waals surface area contributed by atoms with E-state index in [-0.39, 0.29) is 0 Å². The molecule has 1 saturated heterocycles. The Morgan fingerprint density at radius 3 is 2.39 bits per heavy atom. The van der Waals surface area contributed by atoms with Gasteiger partial charge in [-0.15, -0.1) is 0 Å². The molecule has 0 atom stereocenters. The number of benzene rings is 1. The number of rotatable bonds is 4. The minimum absolute atomic E-state index is 1.03. The van der Waals surface area contributed by atoms with Crippen molar-refractivity contribution in [3.05, 3.63) is 66.1 Å². The van der Waals surface area contributed by atoms with E-state index < -0.39 is 0 Å². The lowest BCUT2D eigenvalue weighted by Crippen LogP contribution is -2.45. The summed E-state index contributed by atoms with van der Waals surface area (Å²) in [5.74, 6) is 0. The van der Waals surface area contributed by atoms with Gasteiger partial charge in [-0.2, -0.15) is 0 Å². The van der Waals surface area contributed by atoms with Gasteiger partial charge in [0.2, 0.25) is 0 Å². The van der Waals surface area contributed by atoms with Gasteiger partial charge < -0.3 is 4.98 Å². The van der Waals surface area contributed by atoms with E-state index in [0.29, 0.717) is 0 Å². The van der Waals surface area contributed by atoms with Crippen molar-refractivity contribution in [2.75, 3.05) is 26.2 Å². The highest BCUT2D eigenvalue weighted by Gasteiger charge is 2.17. The molecule has 4 rings (SSSR count). The van der Waals surface area contributed by atoms with Crippen molar-refractivity contribution in [2.45, 2.75) is 13.1 Å². The van der Waals surface area contributed by atoms with Crippen LogP contribution in [0.3, 0.4) is 0 Å². The highest BCUT2D eigenvalue weighted by atomic mass is 15.3. The first-order valence-corrected chi connectivity index (χ1v) is 8.27. The molecular weight excluding hydrogens is 284 g/mol. The first-order valence-electron chi connectivity index (χ1n) is 8.27. The number of fused-ring (bicyclic) bond motifs is 1. The second-order valence-corrected chi connectivity index (χ2v) is 6.26. The highest BCUT2D eigenvalue weighted by molar-refractivity contribution is 5.82. The molecule has 0 aliphatic carbocycles. The Labute approximate surface area is 136 Å². The van der Waals surface area contributed by atoms with Crippen molar-refractivity contribution in [1.82, 2.24) is 19.8 Å². The topological polar surface area (TPSA) is 35.2 Å². The largest absolute Gasteiger partial charge is 0.361 e. The number of pyridine rings is 1. The van der Waals surface area contributed by atoms with E-state index >= 15 is 0 Å². The first kappa shape index (κ1) is 14.4. The molecule has 3 heterocycles. The molecule has 0 amide bonds. The van der Waals surface area contributed by atoms with E-state index in [4.69, 9.17) is 0 Å². The van der Waals surface area contributed by atoms with Gasteiger partial charge in [0, 0.05) is 68.8 Å². The summed E-state index contributed by atoms with van der Waals surface area (Å²) >= 11 is 0. The van der Waals surface area contributed by atoms with Crippen LogP contribution in [0.5, 0.6) is 0 Å². The number of H-pyrrole nitrogens is 1. The Bertz CT molecular complexity index is 757. The van der Waals surface area contributed by atoms with Gasteiger partial charge in [0.1, 0.15) is 0 Å². The Morgan fingerprint density at radius 2 is 1.61 bits per heavy atom. The Balaban J connectivity index is 1.36. The zero-order chi connectivity index (χ0) is 15.5. The van der Waals surface area contributed by atoms with E-state index in [0.717, 1.165) is 39.3 Å². The van der Waals surface area contributed by atoms with Gasteiger partial charge in [0.25, 0.3) is 0 Å². The molecule has 4 heteroatoms. The molecule has 4 nitrogen and oxygen atoms in total. The van der Waals surface area contributed by atoms with Crippen molar-refractivity contribution in [1.29, 1.82) is 0 Å². The minimum Gasteiger partial charge on any atom is -0.361 e. The summed E-state index contributed by atoms with van der Waals surface area (Å²) in [6.07, 6.45) is 5.78. The zero-order valence-corrected chi connectivity index (χ0v) is 13.3. The van der Waals surface area contributed by atoms with Crippen LogP contribution in [0.15, 0.2) is 55.0 Å². The van der Waals surface area contributed by atoms with E-state index in [9.17, 15) is 0 Å². The molecule has 3 aromatic rings. The van der Waals surface area contributed by atoms with Gasteiger partial charge in [-0.3, -0.25) is 14.8 Å². The first-order chi connectivity index (χ1) is 11.4. The molecule has 0 unspecified atom stereocenters. The number of hydrogen-bond donors (Lipinski definition) is 1. The van der Waals surface area contributed by atoms with Gasteiger partial charge in [-0.05, 0) is 35.4 Å². The fourth-order valence-corrected chi connectivity index (χ4v) is 3.38. The smallest absolute Gasteiger partial charge is 0.0457 e. The van der Waals surface area contributed by atoms with Gasteiger partial charge in [-0.25, -0.2) is 0 Å². The van der Waals surface area contributed by atoms with Crippen LogP contribution >= 0.6 is 0 Å².